The van der Waals surface area contributed by atoms with E-state index in [1.54, 1.807) is 0 Å². The highest BCUT2D eigenvalue weighted by molar-refractivity contribution is 4.55. The summed E-state index contributed by atoms with van der Waals surface area (Å²) < 4.78 is 0. The summed E-state index contributed by atoms with van der Waals surface area (Å²) in [5.41, 5.74) is 0. The van der Waals surface area contributed by atoms with E-state index < -0.39 is 0 Å². The van der Waals surface area contributed by atoms with E-state index in [2.05, 4.69) is 41.5 Å². The van der Waals surface area contributed by atoms with Crippen LogP contribution in [-0.4, -0.2) is 12.2 Å². The summed E-state index contributed by atoms with van der Waals surface area (Å²) in [6.45, 7) is 21.5. The van der Waals surface area contributed by atoms with Gasteiger partial charge >= 0.3 is 0 Å². The molecule has 0 fully saturated rings. The van der Waals surface area contributed by atoms with Gasteiger partial charge in [0.2, 0.25) is 0 Å². The van der Waals surface area contributed by atoms with Gasteiger partial charge in [-0.15, -0.1) is 0 Å². The van der Waals surface area contributed by atoms with Crippen LogP contribution >= 0.6 is 0 Å². The molecule has 0 aromatic heterocycles. The van der Waals surface area contributed by atoms with Crippen LogP contribution < -0.4 is 0 Å². The molecule has 118 valence electrons. The molecule has 0 aromatic carbocycles. The summed E-state index contributed by atoms with van der Waals surface area (Å²) in [7, 11) is 1.00. The van der Waals surface area contributed by atoms with Gasteiger partial charge in [0.15, 0.2) is 0 Å². The molecule has 0 saturated heterocycles. The monoisotopic (exact) mass is 264 g/mol. The molecule has 2 atom stereocenters. The molecule has 0 spiro atoms. The molecule has 0 bridgehead atoms. The molecule has 0 rings (SSSR count). The second-order valence-electron chi connectivity index (χ2n) is 3.97. The molecule has 0 aliphatic rings. The molecule has 1 nitrogen and oxygen atoms in total. The first-order valence-electron chi connectivity index (χ1n) is 8.06. The van der Waals surface area contributed by atoms with Crippen LogP contribution in [0.4, 0.5) is 0 Å². The van der Waals surface area contributed by atoms with Crippen LogP contribution in [0.3, 0.4) is 0 Å². The van der Waals surface area contributed by atoms with Crippen molar-refractivity contribution < 1.29 is 5.11 Å². The predicted molar refractivity (Wildman–Crippen MR) is 90.3 cm³/mol. The maximum absolute atomic E-state index is 7.00. The van der Waals surface area contributed by atoms with E-state index in [1.807, 2.05) is 27.7 Å². The van der Waals surface area contributed by atoms with Gasteiger partial charge in [0.1, 0.15) is 0 Å². The minimum atomic E-state index is 0.931. The van der Waals surface area contributed by atoms with Crippen molar-refractivity contribution in [3.05, 3.63) is 0 Å². The lowest BCUT2D eigenvalue weighted by molar-refractivity contribution is 0.397. The van der Waals surface area contributed by atoms with E-state index in [9.17, 15) is 0 Å². The molecule has 1 N–H and O–H groups in total. The molecule has 0 radical (unpaired) electrons. The second kappa shape index (κ2) is 43.5. The highest BCUT2D eigenvalue weighted by atomic mass is 16.2. The van der Waals surface area contributed by atoms with Crippen LogP contribution in [0, 0.1) is 11.8 Å². The number of rotatable bonds is 4. The van der Waals surface area contributed by atoms with Crippen LogP contribution in [0.2, 0.25) is 0 Å². The van der Waals surface area contributed by atoms with E-state index in [4.69, 9.17) is 5.11 Å². The molecule has 2 unspecified atom stereocenters. The zero-order valence-electron chi connectivity index (χ0n) is 15.4. The van der Waals surface area contributed by atoms with Crippen LogP contribution in [0.5, 0.6) is 0 Å². The van der Waals surface area contributed by atoms with Gasteiger partial charge in [0, 0.05) is 7.11 Å². The summed E-state index contributed by atoms with van der Waals surface area (Å²) in [4.78, 5) is 0. The first-order chi connectivity index (χ1) is 8.62. The molecule has 0 saturated carbocycles. The summed E-state index contributed by atoms with van der Waals surface area (Å²) in [5, 5.41) is 7.00. The average Bonchev–Trinajstić information content (AvgIpc) is 2.46. The highest BCUT2D eigenvalue weighted by Gasteiger charge is 2.03. The first-order valence-corrected chi connectivity index (χ1v) is 8.06. The largest absolute Gasteiger partial charge is 0.400 e. The summed E-state index contributed by atoms with van der Waals surface area (Å²) in [5.74, 6) is 1.86. The van der Waals surface area contributed by atoms with Crippen molar-refractivity contribution in [3.8, 4) is 0 Å². The zero-order chi connectivity index (χ0) is 16.0. The van der Waals surface area contributed by atoms with Gasteiger partial charge in [-0.1, -0.05) is 88.5 Å². The molecular weight excluding hydrogens is 220 g/mol. The molecule has 1 heteroatoms. The second-order valence-corrected chi connectivity index (χ2v) is 3.97. The van der Waals surface area contributed by atoms with E-state index in [1.165, 1.54) is 25.7 Å². The van der Waals surface area contributed by atoms with Crippen LogP contribution in [0.15, 0.2) is 0 Å². The predicted octanol–water partition coefficient (Wildman–Crippen LogP) is 6.55. The maximum atomic E-state index is 7.00. The van der Waals surface area contributed by atoms with Crippen LogP contribution in [0.25, 0.3) is 0 Å². The van der Waals surface area contributed by atoms with E-state index in [-0.39, 0.29) is 0 Å². The normalized spacial score (nSPS) is 10.7. The van der Waals surface area contributed by atoms with Crippen molar-refractivity contribution in [2.45, 2.75) is 94.9 Å². The lowest BCUT2D eigenvalue weighted by atomic mass is 9.94. The fourth-order valence-electron chi connectivity index (χ4n) is 1.02. The van der Waals surface area contributed by atoms with E-state index in [0.29, 0.717) is 0 Å². The Morgan fingerprint density at radius 3 is 0.944 bits per heavy atom. The minimum Gasteiger partial charge on any atom is -0.400 e. The smallest absolute Gasteiger partial charge is 0.0319 e. The molecule has 18 heavy (non-hydrogen) atoms. The lowest BCUT2D eigenvalue weighted by Gasteiger charge is -2.12. The van der Waals surface area contributed by atoms with Gasteiger partial charge in [-0.05, 0) is 18.3 Å². The van der Waals surface area contributed by atoms with Gasteiger partial charge in [-0.25, -0.2) is 0 Å². The fraction of sp³-hybridized carbons (Fsp3) is 1.00. The molecule has 0 heterocycles. The standard InChI is InChI=1S/C9H20.C3H8.2C2H6.CH4O/c1-5-8(3)7-9(4)6-2;1-3-2;3*1-2/h8-9H,5-7H2,1-4H3;3H2,1-2H3;2*1-2H3;2H,1H3. The third-order valence-electron chi connectivity index (χ3n) is 2.20. The van der Waals surface area contributed by atoms with Crippen molar-refractivity contribution in [3.63, 3.8) is 0 Å². The first kappa shape index (κ1) is 30.8. The van der Waals surface area contributed by atoms with Gasteiger partial charge in [-0.2, -0.15) is 0 Å². The Hall–Kier alpha value is -0.0400. The Morgan fingerprint density at radius 2 is 0.833 bits per heavy atom. The minimum absolute atomic E-state index is 0.931. The molecular formula is C17H44O. The quantitative estimate of drug-likeness (QED) is 0.610. The third-order valence-corrected chi connectivity index (χ3v) is 2.20. The van der Waals surface area contributed by atoms with Crippen molar-refractivity contribution in [2.24, 2.45) is 11.8 Å². The highest BCUT2D eigenvalue weighted by Crippen LogP contribution is 2.16. The summed E-state index contributed by atoms with van der Waals surface area (Å²) >= 11 is 0. The number of aliphatic hydroxyl groups is 1. The van der Waals surface area contributed by atoms with Crippen LogP contribution in [0.1, 0.15) is 94.9 Å². The Bertz CT molecular complexity index is 64.0. The summed E-state index contributed by atoms with van der Waals surface area (Å²) in [6.07, 6.45) is 5.34. The lowest BCUT2D eigenvalue weighted by Crippen LogP contribution is -2.00. The Balaban J connectivity index is -0.0000000524. The van der Waals surface area contributed by atoms with Gasteiger partial charge in [-0.3, -0.25) is 0 Å². The van der Waals surface area contributed by atoms with Gasteiger partial charge < -0.3 is 5.11 Å². The van der Waals surface area contributed by atoms with Gasteiger partial charge in [0.25, 0.3) is 0 Å². The van der Waals surface area contributed by atoms with Crippen molar-refractivity contribution in [1.82, 2.24) is 0 Å². The van der Waals surface area contributed by atoms with Crippen molar-refractivity contribution in [1.29, 1.82) is 0 Å². The van der Waals surface area contributed by atoms with E-state index >= 15 is 0 Å². The van der Waals surface area contributed by atoms with E-state index in [0.717, 1.165) is 18.9 Å². The topological polar surface area (TPSA) is 20.2 Å². The molecule has 0 aliphatic heterocycles. The number of aliphatic hydroxyl groups excluding tert-OH is 1. The number of hydrogen-bond acceptors (Lipinski definition) is 1. The van der Waals surface area contributed by atoms with Gasteiger partial charge in [0.05, 0.1) is 0 Å². The molecule has 0 aromatic rings. The Labute approximate surface area is 119 Å². The summed E-state index contributed by atoms with van der Waals surface area (Å²) in [6, 6.07) is 0. The zero-order valence-corrected chi connectivity index (χ0v) is 15.4. The van der Waals surface area contributed by atoms with Crippen LogP contribution in [-0.2, 0) is 0 Å². The van der Waals surface area contributed by atoms with Crippen molar-refractivity contribution in [2.75, 3.05) is 7.11 Å². The molecule has 0 amide bonds. The fourth-order valence-corrected chi connectivity index (χ4v) is 1.02. The molecule has 0 aliphatic carbocycles. The van der Waals surface area contributed by atoms with Crippen molar-refractivity contribution >= 4 is 0 Å². The number of hydrogen-bond donors (Lipinski definition) is 1. The SMILES string of the molecule is CC.CC.CCC.CCC(C)CC(C)CC.CO. The maximum Gasteiger partial charge on any atom is 0.0319 e. The Kier molecular flexibility index (Phi) is 74.4. The Morgan fingerprint density at radius 1 is 0.667 bits per heavy atom. The third kappa shape index (κ3) is 56.4. The average molecular weight is 265 g/mol.